The molecule has 132 valence electrons. The topological polar surface area (TPSA) is 57.7 Å². The summed E-state index contributed by atoms with van der Waals surface area (Å²) in [6, 6.07) is 14.0. The Morgan fingerprint density at radius 3 is 2.76 bits per heavy atom. The largest absolute Gasteiger partial charge is 0.366 e. The van der Waals surface area contributed by atoms with Crippen molar-refractivity contribution in [1.82, 2.24) is 9.88 Å². The van der Waals surface area contributed by atoms with Crippen LogP contribution in [0.1, 0.15) is 5.56 Å². The third kappa shape index (κ3) is 4.78. The van der Waals surface area contributed by atoms with Crippen molar-refractivity contribution in [3.05, 3.63) is 54.2 Å². The average molecular weight is 340 g/mol. The number of benzene rings is 1. The van der Waals surface area contributed by atoms with Gasteiger partial charge in [-0.1, -0.05) is 30.3 Å². The summed E-state index contributed by atoms with van der Waals surface area (Å²) in [6.07, 6.45) is 1.20. The molecule has 6 heteroatoms. The summed E-state index contributed by atoms with van der Waals surface area (Å²) < 4.78 is 5.66. The zero-order chi connectivity index (χ0) is 17.6. The fourth-order valence-electron chi connectivity index (χ4n) is 2.79. The van der Waals surface area contributed by atoms with Crippen molar-refractivity contribution >= 4 is 17.4 Å². The Kier molecular flexibility index (Phi) is 5.63. The van der Waals surface area contributed by atoms with Gasteiger partial charge in [-0.15, -0.1) is 0 Å². The molecule has 1 atom stereocenters. The molecule has 1 saturated heterocycles. The molecule has 0 bridgehead atoms. The van der Waals surface area contributed by atoms with Gasteiger partial charge in [0.05, 0.1) is 18.5 Å². The summed E-state index contributed by atoms with van der Waals surface area (Å²) in [7, 11) is 3.86. The van der Waals surface area contributed by atoms with Crippen LogP contribution < -0.4 is 10.2 Å². The number of nitrogens with zero attached hydrogens (tertiary/aromatic N) is 3. The first-order valence-electron chi connectivity index (χ1n) is 8.44. The minimum absolute atomic E-state index is 0.128. The number of aromatic nitrogens is 1. The third-order valence-electron chi connectivity index (χ3n) is 4.17. The minimum Gasteiger partial charge on any atom is -0.366 e. The van der Waals surface area contributed by atoms with E-state index < -0.39 is 6.10 Å². The Labute approximate surface area is 148 Å². The highest BCUT2D eigenvalue weighted by Crippen LogP contribution is 2.15. The first-order chi connectivity index (χ1) is 12.1. The van der Waals surface area contributed by atoms with E-state index in [4.69, 9.17) is 4.74 Å². The van der Waals surface area contributed by atoms with Crippen LogP contribution in [0.5, 0.6) is 0 Å². The van der Waals surface area contributed by atoms with E-state index in [0.29, 0.717) is 18.8 Å². The van der Waals surface area contributed by atoms with Crippen molar-refractivity contribution in [1.29, 1.82) is 0 Å². The predicted molar refractivity (Wildman–Crippen MR) is 98.7 cm³/mol. The van der Waals surface area contributed by atoms with E-state index in [0.717, 1.165) is 18.9 Å². The molecule has 0 unspecified atom stereocenters. The summed E-state index contributed by atoms with van der Waals surface area (Å²) in [5, 5.41) is 2.89. The number of pyridine rings is 1. The minimum atomic E-state index is -0.467. The lowest BCUT2D eigenvalue weighted by molar-refractivity contribution is -0.133. The van der Waals surface area contributed by atoms with E-state index in [-0.39, 0.29) is 5.91 Å². The van der Waals surface area contributed by atoms with Crippen molar-refractivity contribution in [2.24, 2.45) is 0 Å². The Morgan fingerprint density at radius 1 is 1.28 bits per heavy atom. The molecule has 1 aromatic heterocycles. The highest BCUT2D eigenvalue weighted by molar-refractivity contribution is 5.94. The molecule has 1 fully saturated rings. The SMILES string of the molecule is CN(C)c1ccc(NC(=O)[C@@H]2CN(Cc3ccccc3)CCO2)cn1. The standard InChI is InChI=1S/C19H24N4O2/c1-22(2)18-9-8-16(12-20-18)21-19(24)17-14-23(10-11-25-17)13-15-6-4-3-5-7-15/h3-9,12,17H,10-11,13-14H2,1-2H3,(H,21,24)/t17-/m0/s1. The Balaban J connectivity index is 1.56. The molecule has 1 amide bonds. The number of nitrogens with one attached hydrogen (secondary N) is 1. The average Bonchev–Trinajstić information content (AvgIpc) is 2.63. The van der Waals surface area contributed by atoms with Gasteiger partial charge in [0, 0.05) is 33.7 Å². The van der Waals surface area contributed by atoms with Gasteiger partial charge in [0.25, 0.3) is 5.91 Å². The quantitative estimate of drug-likeness (QED) is 0.902. The molecule has 3 rings (SSSR count). The first-order valence-corrected chi connectivity index (χ1v) is 8.44. The van der Waals surface area contributed by atoms with Gasteiger partial charge in [0.2, 0.25) is 0 Å². The van der Waals surface area contributed by atoms with Gasteiger partial charge in [-0.3, -0.25) is 9.69 Å². The number of ether oxygens (including phenoxy) is 1. The van der Waals surface area contributed by atoms with Gasteiger partial charge in [-0.2, -0.15) is 0 Å². The summed E-state index contributed by atoms with van der Waals surface area (Å²) >= 11 is 0. The van der Waals surface area contributed by atoms with Crippen molar-refractivity contribution in [3.8, 4) is 0 Å². The number of anilines is 2. The molecule has 1 aliphatic rings. The molecule has 25 heavy (non-hydrogen) atoms. The lowest BCUT2D eigenvalue weighted by Gasteiger charge is -2.32. The number of amides is 1. The highest BCUT2D eigenvalue weighted by Gasteiger charge is 2.26. The van der Waals surface area contributed by atoms with Crippen LogP contribution >= 0.6 is 0 Å². The zero-order valence-corrected chi connectivity index (χ0v) is 14.7. The Bertz CT molecular complexity index is 688. The van der Waals surface area contributed by atoms with E-state index in [1.165, 1.54) is 5.56 Å². The van der Waals surface area contributed by atoms with Crippen LogP contribution in [0.2, 0.25) is 0 Å². The third-order valence-corrected chi connectivity index (χ3v) is 4.17. The van der Waals surface area contributed by atoms with Crippen LogP contribution in [-0.4, -0.2) is 55.7 Å². The van der Waals surface area contributed by atoms with Crippen molar-refractivity contribution in [3.63, 3.8) is 0 Å². The second-order valence-electron chi connectivity index (χ2n) is 6.37. The van der Waals surface area contributed by atoms with E-state index in [1.54, 1.807) is 6.20 Å². The number of carbonyl (C=O) groups is 1. The summed E-state index contributed by atoms with van der Waals surface area (Å²) in [5.41, 5.74) is 1.92. The summed E-state index contributed by atoms with van der Waals surface area (Å²) in [5.74, 6) is 0.720. The van der Waals surface area contributed by atoms with E-state index in [2.05, 4.69) is 27.3 Å². The number of rotatable bonds is 5. The summed E-state index contributed by atoms with van der Waals surface area (Å²) in [4.78, 5) is 21.0. The molecular formula is C19H24N4O2. The first kappa shape index (κ1) is 17.4. The van der Waals surface area contributed by atoms with Gasteiger partial charge in [0.15, 0.2) is 0 Å². The van der Waals surface area contributed by atoms with Crippen molar-refractivity contribution in [2.75, 3.05) is 44.0 Å². The fraction of sp³-hybridized carbons (Fsp3) is 0.368. The normalized spacial score (nSPS) is 17.9. The number of hydrogen-bond acceptors (Lipinski definition) is 5. The number of morpholine rings is 1. The van der Waals surface area contributed by atoms with E-state index >= 15 is 0 Å². The van der Waals surface area contributed by atoms with Crippen LogP contribution in [0, 0.1) is 0 Å². The molecule has 1 aromatic carbocycles. The van der Waals surface area contributed by atoms with Gasteiger partial charge in [-0.05, 0) is 17.7 Å². The van der Waals surface area contributed by atoms with Crippen molar-refractivity contribution in [2.45, 2.75) is 12.6 Å². The summed E-state index contributed by atoms with van der Waals surface area (Å²) in [6.45, 7) is 2.80. The van der Waals surface area contributed by atoms with Gasteiger partial charge in [0.1, 0.15) is 11.9 Å². The second-order valence-corrected chi connectivity index (χ2v) is 6.37. The van der Waals surface area contributed by atoms with Crippen LogP contribution in [0.15, 0.2) is 48.7 Å². The molecule has 0 aliphatic carbocycles. The highest BCUT2D eigenvalue weighted by atomic mass is 16.5. The maximum absolute atomic E-state index is 12.5. The molecule has 2 aromatic rings. The molecule has 0 radical (unpaired) electrons. The van der Waals surface area contributed by atoms with Crippen LogP contribution in [0.4, 0.5) is 11.5 Å². The fourth-order valence-corrected chi connectivity index (χ4v) is 2.79. The van der Waals surface area contributed by atoms with Crippen molar-refractivity contribution < 1.29 is 9.53 Å². The van der Waals surface area contributed by atoms with E-state index in [9.17, 15) is 4.79 Å². The van der Waals surface area contributed by atoms with Gasteiger partial charge >= 0.3 is 0 Å². The maximum atomic E-state index is 12.5. The molecule has 0 spiro atoms. The van der Waals surface area contributed by atoms with Gasteiger partial charge < -0.3 is 15.0 Å². The lowest BCUT2D eigenvalue weighted by atomic mass is 10.2. The Morgan fingerprint density at radius 2 is 2.08 bits per heavy atom. The molecule has 0 saturated carbocycles. The molecule has 2 heterocycles. The van der Waals surface area contributed by atoms with Crippen LogP contribution in [0.3, 0.4) is 0 Å². The number of carbonyl (C=O) groups excluding carboxylic acids is 1. The Hall–Kier alpha value is -2.44. The molecular weight excluding hydrogens is 316 g/mol. The van der Waals surface area contributed by atoms with Gasteiger partial charge in [-0.25, -0.2) is 4.98 Å². The predicted octanol–water partition coefficient (Wildman–Crippen LogP) is 1.99. The second kappa shape index (κ2) is 8.09. The lowest BCUT2D eigenvalue weighted by Crippen LogP contribution is -2.47. The van der Waals surface area contributed by atoms with Crippen LogP contribution in [0.25, 0.3) is 0 Å². The molecule has 6 nitrogen and oxygen atoms in total. The zero-order valence-electron chi connectivity index (χ0n) is 14.7. The number of hydrogen-bond donors (Lipinski definition) is 1. The maximum Gasteiger partial charge on any atom is 0.254 e. The molecule has 1 aliphatic heterocycles. The smallest absolute Gasteiger partial charge is 0.254 e. The molecule has 1 N–H and O–H groups in total. The van der Waals surface area contributed by atoms with E-state index in [1.807, 2.05) is 49.3 Å². The van der Waals surface area contributed by atoms with Crippen LogP contribution in [-0.2, 0) is 16.1 Å². The monoisotopic (exact) mass is 340 g/mol.